The maximum absolute atomic E-state index is 10.9. The van der Waals surface area contributed by atoms with Gasteiger partial charge in [0.1, 0.15) is 0 Å². The molecule has 0 aliphatic heterocycles. The van der Waals surface area contributed by atoms with E-state index in [4.69, 9.17) is 11.0 Å². The average Bonchev–Trinajstić information content (AvgIpc) is 2.21. The van der Waals surface area contributed by atoms with Crippen molar-refractivity contribution in [2.24, 2.45) is 11.1 Å². The second-order valence-corrected chi connectivity index (χ2v) is 5.48. The number of nitrogens with two attached hydrogens (primary N) is 1. The van der Waals surface area contributed by atoms with Gasteiger partial charge in [0.15, 0.2) is 0 Å². The lowest BCUT2D eigenvalue weighted by Gasteiger charge is -2.25. The Kier molecular flexibility index (Phi) is 6.82. The summed E-state index contributed by atoms with van der Waals surface area (Å²) in [4.78, 5) is 13.0. The predicted octanol–water partition coefficient (Wildman–Crippen LogP) is 1.90. The van der Waals surface area contributed by atoms with Gasteiger partial charge in [0.25, 0.3) is 0 Å². The zero-order valence-electron chi connectivity index (χ0n) is 11.5. The maximum atomic E-state index is 10.9. The fourth-order valence-corrected chi connectivity index (χ4v) is 1.66. The molecule has 4 nitrogen and oxygen atoms in total. The molecule has 17 heavy (non-hydrogen) atoms. The molecule has 0 aliphatic carbocycles. The van der Waals surface area contributed by atoms with Crippen LogP contribution >= 0.6 is 0 Å². The van der Waals surface area contributed by atoms with Gasteiger partial charge in [-0.15, -0.1) is 0 Å². The van der Waals surface area contributed by atoms with Crippen LogP contribution in [0.25, 0.3) is 0 Å². The molecule has 0 heterocycles. The minimum Gasteiger partial charge on any atom is -0.369 e. The Labute approximate surface area is 105 Å². The molecule has 1 amide bonds. The van der Waals surface area contributed by atoms with Crippen LogP contribution in [-0.4, -0.2) is 29.9 Å². The molecule has 0 rings (SSSR count). The molecule has 0 aliphatic rings. The smallest absolute Gasteiger partial charge is 0.231 e. The topological polar surface area (TPSA) is 70.1 Å². The summed E-state index contributed by atoms with van der Waals surface area (Å²) < 4.78 is 0. The van der Waals surface area contributed by atoms with Gasteiger partial charge in [-0.3, -0.25) is 9.69 Å². The molecular formula is C13H25N3O. The summed E-state index contributed by atoms with van der Waals surface area (Å²) in [6.45, 7) is 9.21. The van der Waals surface area contributed by atoms with Gasteiger partial charge in [-0.1, -0.05) is 6.42 Å². The Hall–Kier alpha value is -1.08. The highest BCUT2D eigenvalue weighted by Crippen LogP contribution is 2.21. The molecule has 0 unspecified atom stereocenters. The lowest BCUT2D eigenvalue weighted by atomic mass is 9.89. The van der Waals surface area contributed by atoms with Gasteiger partial charge in [-0.05, 0) is 47.1 Å². The summed E-state index contributed by atoms with van der Waals surface area (Å²) in [7, 11) is 0. The molecule has 0 fully saturated rings. The van der Waals surface area contributed by atoms with Crippen molar-refractivity contribution in [1.29, 1.82) is 5.26 Å². The summed E-state index contributed by atoms with van der Waals surface area (Å²) in [5.41, 5.74) is 4.96. The van der Waals surface area contributed by atoms with Crippen molar-refractivity contribution in [1.82, 2.24) is 4.90 Å². The number of carbonyl (C=O) groups excluding carboxylic acids is 1. The molecule has 0 aromatic heterocycles. The highest BCUT2D eigenvalue weighted by Gasteiger charge is 2.16. The SMILES string of the molecule is CC(C)N(CCCCC(C)(C)C#N)CC(N)=O. The van der Waals surface area contributed by atoms with Crippen LogP contribution in [0.5, 0.6) is 0 Å². The average molecular weight is 239 g/mol. The molecule has 98 valence electrons. The van der Waals surface area contributed by atoms with E-state index in [2.05, 4.69) is 24.8 Å². The fourth-order valence-electron chi connectivity index (χ4n) is 1.66. The first-order chi connectivity index (χ1) is 7.78. The van der Waals surface area contributed by atoms with Gasteiger partial charge in [-0.25, -0.2) is 0 Å². The molecule has 0 aromatic carbocycles. The van der Waals surface area contributed by atoms with E-state index < -0.39 is 0 Å². The van der Waals surface area contributed by atoms with Crippen LogP contribution in [0.3, 0.4) is 0 Å². The second kappa shape index (κ2) is 7.29. The Morgan fingerprint density at radius 2 is 2.00 bits per heavy atom. The number of unbranched alkanes of at least 4 members (excludes halogenated alkanes) is 1. The molecule has 0 atom stereocenters. The molecule has 2 N–H and O–H groups in total. The van der Waals surface area contributed by atoms with E-state index >= 15 is 0 Å². The number of primary amides is 1. The summed E-state index contributed by atoms with van der Waals surface area (Å²) in [6.07, 6.45) is 2.89. The van der Waals surface area contributed by atoms with Crippen molar-refractivity contribution >= 4 is 5.91 Å². The van der Waals surface area contributed by atoms with Crippen molar-refractivity contribution < 1.29 is 4.79 Å². The number of hydrogen-bond acceptors (Lipinski definition) is 3. The number of nitrogens with zero attached hydrogens (tertiary/aromatic N) is 2. The lowest BCUT2D eigenvalue weighted by molar-refractivity contribution is -0.119. The van der Waals surface area contributed by atoms with Crippen LogP contribution in [0.4, 0.5) is 0 Å². The van der Waals surface area contributed by atoms with Gasteiger partial charge in [-0.2, -0.15) is 5.26 Å². The third-order valence-electron chi connectivity index (χ3n) is 2.89. The standard InChI is InChI=1S/C13H25N3O/c1-11(2)16(9-12(15)17)8-6-5-7-13(3,4)10-14/h11H,5-9H2,1-4H3,(H2,15,17). The van der Waals surface area contributed by atoms with Crippen molar-refractivity contribution in [3.63, 3.8) is 0 Å². The van der Waals surface area contributed by atoms with E-state index in [0.29, 0.717) is 12.6 Å². The molecule has 0 spiro atoms. The molecule has 0 saturated heterocycles. The van der Waals surface area contributed by atoms with Crippen LogP contribution in [0.15, 0.2) is 0 Å². The third kappa shape index (κ3) is 7.76. The summed E-state index contributed by atoms with van der Waals surface area (Å²) in [5.74, 6) is -0.281. The highest BCUT2D eigenvalue weighted by atomic mass is 16.1. The minimum absolute atomic E-state index is 0.244. The van der Waals surface area contributed by atoms with Crippen LogP contribution in [0.2, 0.25) is 0 Å². The predicted molar refractivity (Wildman–Crippen MR) is 69.1 cm³/mol. The Morgan fingerprint density at radius 3 is 2.41 bits per heavy atom. The fraction of sp³-hybridized carbons (Fsp3) is 0.846. The van der Waals surface area contributed by atoms with E-state index in [1.54, 1.807) is 0 Å². The lowest BCUT2D eigenvalue weighted by Crippen LogP contribution is -2.39. The summed E-state index contributed by atoms with van der Waals surface area (Å²) in [6, 6.07) is 2.62. The van der Waals surface area contributed by atoms with Gasteiger partial charge in [0, 0.05) is 6.04 Å². The second-order valence-electron chi connectivity index (χ2n) is 5.48. The van der Waals surface area contributed by atoms with Crippen molar-refractivity contribution in [2.75, 3.05) is 13.1 Å². The first kappa shape index (κ1) is 15.9. The molecule has 0 bridgehead atoms. The zero-order valence-corrected chi connectivity index (χ0v) is 11.5. The highest BCUT2D eigenvalue weighted by molar-refractivity contribution is 5.75. The number of carbonyl (C=O) groups is 1. The van der Waals surface area contributed by atoms with E-state index in [1.165, 1.54) is 0 Å². The number of amides is 1. The van der Waals surface area contributed by atoms with E-state index in [0.717, 1.165) is 25.8 Å². The van der Waals surface area contributed by atoms with E-state index in [1.807, 2.05) is 13.8 Å². The molecule has 0 aromatic rings. The first-order valence-corrected chi connectivity index (χ1v) is 6.22. The first-order valence-electron chi connectivity index (χ1n) is 6.22. The Bertz CT molecular complexity index is 279. The monoisotopic (exact) mass is 239 g/mol. The largest absolute Gasteiger partial charge is 0.369 e. The molecule has 0 saturated carbocycles. The maximum Gasteiger partial charge on any atom is 0.231 e. The van der Waals surface area contributed by atoms with Gasteiger partial charge in [0.2, 0.25) is 5.91 Å². The van der Waals surface area contributed by atoms with Gasteiger partial charge < -0.3 is 5.73 Å². The number of hydrogen-bond donors (Lipinski definition) is 1. The van der Waals surface area contributed by atoms with E-state index in [9.17, 15) is 4.79 Å². The van der Waals surface area contributed by atoms with Crippen molar-refractivity contribution in [2.45, 2.75) is 53.0 Å². The molecule has 0 radical (unpaired) electrons. The summed E-state index contributed by atoms with van der Waals surface area (Å²) in [5, 5.41) is 8.89. The third-order valence-corrected chi connectivity index (χ3v) is 2.89. The van der Waals surface area contributed by atoms with Crippen LogP contribution in [-0.2, 0) is 4.79 Å². The number of rotatable bonds is 8. The van der Waals surface area contributed by atoms with Crippen LogP contribution in [0, 0.1) is 16.7 Å². The van der Waals surface area contributed by atoms with Crippen LogP contribution in [0.1, 0.15) is 47.0 Å². The number of nitriles is 1. The zero-order chi connectivity index (χ0) is 13.5. The summed E-state index contributed by atoms with van der Waals surface area (Å²) >= 11 is 0. The van der Waals surface area contributed by atoms with Crippen molar-refractivity contribution in [3.05, 3.63) is 0 Å². The van der Waals surface area contributed by atoms with Gasteiger partial charge in [0.05, 0.1) is 18.0 Å². The van der Waals surface area contributed by atoms with Gasteiger partial charge >= 0.3 is 0 Å². The minimum atomic E-state index is -0.281. The molecule has 4 heteroatoms. The quantitative estimate of drug-likeness (QED) is 0.658. The Morgan fingerprint density at radius 1 is 1.41 bits per heavy atom. The molecular weight excluding hydrogens is 214 g/mol. The van der Waals surface area contributed by atoms with Crippen molar-refractivity contribution in [3.8, 4) is 6.07 Å². The normalized spacial score (nSPS) is 11.8. The van der Waals surface area contributed by atoms with Crippen LogP contribution < -0.4 is 5.73 Å². The van der Waals surface area contributed by atoms with E-state index in [-0.39, 0.29) is 11.3 Å². The Balaban J connectivity index is 3.92.